The number of ether oxygens (including phenoxy) is 1. The maximum Gasteiger partial charge on any atom is 0.136 e. The summed E-state index contributed by atoms with van der Waals surface area (Å²) in [6.45, 7) is 0.625. The van der Waals surface area contributed by atoms with Gasteiger partial charge in [0.05, 0.1) is 28.8 Å². The molecule has 0 fully saturated rings. The third kappa shape index (κ3) is 2.63. The highest BCUT2D eigenvalue weighted by molar-refractivity contribution is 9.11. The van der Waals surface area contributed by atoms with E-state index in [0.29, 0.717) is 12.4 Å². The lowest BCUT2D eigenvalue weighted by molar-refractivity contribution is 0.412. The fourth-order valence-corrected chi connectivity index (χ4v) is 2.36. The molecule has 90 valence electrons. The molecular weight excluding hydrogens is 350 g/mol. The highest BCUT2D eigenvalue weighted by Gasteiger charge is 2.06. The van der Waals surface area contributed by atoms with E-state index in [4.69, 9.17) is 10.5 Å². The summed E-state index contributed by atoms with van der Waals surface area (Å²) in [6.07, 6.45) is 1.69. The molecule has 0 radical (unpaired) electrons. The number of anilines is 1. The summed E-state index contributed by atoms with van der Waals surface area (Å²) in [4.78, 5) is 0. The summed E-state index contributed by atoms with van der Waals surface area (Å²) < 4.78 is 8.64. The Morgan fingerprint density at radius 1 is 1.35 bits per heavy atom. The average Bonchev–Trinajstić information content (AvgIpc) is 2.61. The maximum atomic E-state index is 5.86. The van der Waals surface area contributed by atoms with Crippen LogP contribution in [0.25, 0.3) is 0 Å². The molecule has 0 saturated carbocycles. The first-order chi connectivity index (χ1) is 8.11. The second-order valence-corrected chi connectivity index (χ2v) is 5.21. The van der Waals surface area contributed by atoms with Crippen molar-refractivity contribution in [2.75, 3.05) is 12.8 Å². The van der Waals surface area contributed by atoms with Gasteiger partial charge in [-0.1, -0.05) is 6.07 Å². The molecule has 2 N–H and O–H groups in total. The van der Waals surface area contributed by atoms with Crippen LogP contribution in [0.1, 0.15) is 5.56 Å². The van der Waals surface area contributed by atoms with Crippen molar-refractivity contribution < 1.29 is 4.74 Å². The van der Waals surface area contributed by atoms with Crippen LogP contribution in [-0.2, 0) is 6.54 Å². The number of aromatic nitrogens is 2. The fraction of sp³-hybridized carbons (Fsp3) is 0.182. The van der Waals surface area contributed by atoms with Gasteiger partial charge in [0, 0.05) is 0 Å². The zero-order valence-electron chi connectivity index (χ0n) is 9.15. The molecule has 0 aliphatic carbocycles. The van der Waals surface area contributed by atoms with E-state index in [-0.39, 0.29) is 0 Å². The molecule has 6 heteroatoms. The largest absolute Gasteiger partial charge is 0.496 e. The van der Waals surface area contributed by atoms with E-state index in [0.717, 1.165) is 20.3 Å². The lowest BCUT2D eigenvalue weighted by Gasteiger charge is -2.07. The van der Waals surface area contributed by atoms with Crippen molar-refractivity contribution in [2.24, 2.45) is 0 Å². The minimum atomic E-state index is 0.622. The van der Waals surface area contributed by atoms with Crippen LogP contribution in [0, 0.1) is 0 Å². The van der Waals surface area contributed by atoms with E-state index < -0.39 is 0 Å². The predicted octanol–water partition coefficient (Wildman–Crippen LogP) is 3.05. The number of benzene rings is 1. The van der Waals surface area contributed by atoms with E-state index in [1.165, 1.54) is 0 Å². The van der Waals surface area contributed by atoms with Crippen LogP contribution in [0.15, 0.2) is 33.3 Å². The molecule has 4 nitrogen and oxygen atoms in total. The maximum absolute atomic E-state index is 5.86. The molecule has 0 spiro atoms. The van der Waals surface area contributed by atoms with Crippen LogP contribution in [0.2, 0.25) is 0 Å². The lowest BCUT2D eigenvalue weighted by Crippen LogP contribution is -2.06. The third-order valence-electron chi connectivity index (χ3n) is 2.38. The van der Waals surface area contributed by atoms with Crippen LogP contribution >= 0.6 is 31.9 Å². The van der Waals surface area contributed by atoms with Crippen molar-refractivity contribution in [3.8, 4) is 5.75 Å². The smallest absolute Gasteiger partial charge is 0.136 e. The molecule has 1 heterocycles. The van der Waals surface area contributed by atoms with E-state index in [9.17, 15) is 0 Å². The Balaban J connectivity index is 2.25. The van der Waals surface area contributed by atoms with Gasteiger partial charge >= 0.3 is 0 Å². The highest BCUT2D eigenvalue weighted by atomic mass is 79.9. The number of halogens is 2. The van der Waals surface area contributed by atoms with E-state index in [1.807, 2.05) is 18.2 Å². The Hall–Kier alpha value is -1.01. The summed E-state index contributed by atoms with van der Waals surface area (Å²) in [7, 11) is 1.64. The molecule has 0 amide bonds. The summed E-state index contributed by atoms with van der Waals surface area (Å²) >= 11 is 6.78. The zero-order valence-corrected chi connectivity index (χ0v) is 12.3. The molecule has 2 aromatic rings. The van der Waals surface area contributed by atoms with Crippen molar-refractivity contribution in [1.82, 2.24) is 9.78 Å². The van der Waals surface area contributed by atoms with Crippen LogP contribution in [0.4, 0.5) is 5.82 Å². The minimum Gasteiger partial charge on any atom is -0.496 e. The number of hydrogen-bond donors (Lipinski definition) is 1. The molecule has 0 aliphatic rings. The van der Waals surface area contributed by atoms with Crippen LogP contribution < -0.4 is 10.5 Å². The summed E-state index contributed by atoms with van der Waals surface area (Å²) in [6, 6.07) is 5.89. The molecule has 0 bridgehead atoms. The monoisotopic (exact) mass is 359 g/mol. The Labute approximate surface area is 116 Å². The van der Waals surface area contributed by atoms with E-state index in [1.54, 1.807) is 18.0 Å². The Bertz CT molecular complexity index is 540. The van der Waals surface area contributed by atoms with Crippen LogP contribution in [-0.4, -0.2) is 16.9 Å². The van der Waals surface area contributed by atoms with Crippen LogP contribution in [0.5, 0.6) is 5.75 Å². The summed E-state index contributed by atoms with van der Waals surface area (Å²) in [5.41, 5.74) is 6.96. The quantitative estimate of drug-likeness (QED) is 0.915. The molecule has 0 unspecified atom stereocenters. The van der Waals surface area contributed by atoms with Gasteiger partial charge in [-0.15, -0.1) is 0 Å². The number of nitrogens with two attached hydrogens (primary N) is 1. The number of nitrogens with zero attached hydrogens (tertiary/aromatic N) is 2. The average molecular weight is 361 g/mol. The predicted molar refractivity (Wildman–Crippen MR) is 74.1 cm³/mol. The number of methoxy groups -OCH3 is 1. The Morgan fingerprint density at radius 2 is 2.12 bits per heavy atom. The number of rotatable bonds is 3. The van der Waals surface area contributed by atoms with Gasteiger partial charge in [0.25, 0.3) is 0 Å². The molecule has 0 aliphatic heterocycles. The minimum absolute atomic E-state index is 0.622. The second-order valence-electron chi connectivity index (χ2n) is 3.50. The van der Waals surface area contributed by atoms with E-state index in [2.05, 4.69) is 37.0 Å². The topological polar surface area (TPSA) is 53.1 Å². The molecule has 0 atom stereocenters. The van der Waals surface area contributed by atoms with Gasteiger partial charge in [-0.25, -0.2) is 4.68 Å². The van der Waals surface area contributed by atoms with Gasteiger partial charge in [0.2, 0.25) is 0 Å². The summed E-state index contributed by atoms with van der Waals surface area (Å²) in [5, 5.41) is 4.18. The fourth-order valence-electron chi connectivity index (χ4n) is 1.48. The highest BCUT2D eigenvalue weighted by Crippen LogP contribution is 2.26. The van der Waals surface area contributed by atoms with Crippen molar-refractivity contribution in [3.63, 3.8) is 0 Å². The van der Waals surface area contributed by atoms with Gasteiger partial charge in [0.15, 0.2) is 0 Å². The normalized spacial score (nSPS) is 10.5. The van der Waals surface area contributed by atoms with E-state index >= 15 is 0 Å². The number of hydrogen-bond acceptors (Lipinski definition) is 3. The molecule has 0 saturated heterocycles. The zero-order chi connectivity index (χ0) is 12.4. The van der Waals surface area contributed by atoms with Crippen molar-refractivity contribution in [2.45, 2.75) is 6.54 Å². The second kappa shape index (κ2) is 5.10. The Kier molecular flexibility index (Phi) is 3.73. The molecule has 1 aromatic carbocycles. The Morgan fingerprint density at radius 3 is 2.65 bits per heavy atom. The molecule has 1 aromatic heterocycles. The molecule has 2 rings (SSSR count). The van der Waals surface area contributed by atoms with Crippen molar-refractivity contribution in [1.29, 1.82) is 0 Å². The summed E-state index contributed by atoms with van der Waals surface area (Å²) in [5.74, 6) is 1.43. The van der Waals surface area contributed by atoms with Gasteiger partial charge in [-0.2, -0.15) is 5.10 Å². The first-order valence-electron chi connectivity index (χ1n) is 4.91. The molecule has 17 heavy (non-hydrogen) atoms. The van der Waals surface area contributed by atoms with Crippen LogP contribution in [0.3, 0.4) is 0 Å². The van der Waals surface area contributed by atoms with Gasteiger partial charge in [-0.05, 0) is 49.6 Å². The van der Waals surface area contributed by atoms with Gasteiger partial charge in [0.1, 0.15) is 11.6 Å². The first kappa shape index (κ1) is 12.4. The molecular formula is C11H11Br2N3O. The SMILES string of the molecule is COc1ccc(Cn2ncc(Br)c2N)cc1Br. The van der Waals surface area contributed by atoms with Gasteiger partial charge in [-0.3, -0.25) is 0 Å². The number of nitrogen functional groups attached to an aromatic ring is 1. The first-order valence-corrected chi connectivity index (χ1v) is 6.49. The van der Waals surface area contributed by atoms with Crippen molar-refractivity contribution >= 4 is 37.7 Å². The third-order valence-corrected chi connectivity index (χ3v) is 3.61. The standard InChI is InChI=1S/C11H11Br2N3O/c1-17-10-3-2-7(4-8(10)12)6-16-11(14)9(13)5-15-16/h2-5H,6,14H2,1H3. The lowest BCUT2D eigenvalue weighted by atomic mass is 10.2. The van der Waals surface area contributed by atoms with Crippen molar-refractivity contribution in [3.05, 3.63) is 38.9 Å². The van der Waals surface area contributed by atoms with Gasteiger partial charge < -0.3 is 10.5 Å².